The third kappa shape index (κ3) is 2.85. The van der Waals surface area contributed by atoms with Gasteiger partial charge in [-0.05, 0) is 43.6 Å². The summed E-state index contributed by atoms with van der Waals surface area (Å²) in [6, 6.07) is 3.51. The van der Waals surface area contributed by atoms with Crippen LogP contribution in [0.5, 0.6) is 0 Å². The van der Waals surface area contributed by atoms with Crippen LogP contribution < -0.4 is 10.6 Å². The van der Waals surface area contributed by atoms with Crippen molar-refractivity contribution in [1.82, 2.24) is 15.5 Å². The summed E-state index contributed by atoms with van der Waals surface area (Å²) in [6.45, 7) is 2.04. The molecule has 1 aliphatic heterocycles. The highest BCUT2D eigenvalue weighted by atomic mass is 32.1. The van der Waals surface area contributed by atoms with E-state index in [2.05, 4.69) is 10.6 Å². The van der Waals surface area contributed by atoms with Crippen LogP contribution in [0.2, 0.25) is 0 Å². The molecule has 2 heterocycles. The largest absolute Gasteiger partial charge is 0.354 e. The highest BCUT2D eigenvalue weighted by Gasteiger charge is 2.56. The Kier molecular flexibility index (Phi) is 3.90. The zero-order chi connectivity index (χ0) is 15.7. The van der Waals surface area contributed by atoms with Crippen LogP contribution in [0.3, 0.4) is 0 Å². The summed E-state index contributed by atoms with van der Waals surface area (Å²) in [6.07, 6.45) is 2.65. The number of rotatable bonds is 6. The molecule has 118 valence electrons. The number of hydrogen-bond acceptors (Lipinski definition) is 4. The Bertz CT molecular complexity index is 597. The van der Waals surface area contributed by atoms with Crippen molar-refractivity contribution in [3.63, 3.8) is 0 Å². The molecule has 7 heteroatoms. The van der Waals surface area contributed by atoms with Crippen molar-refractivity contribution in [3.05, 3.63) is 22.4 Å². The van der Waals surface area contributed by atoms with Gasteiger partial charge in [0.05, 0.1) is 0 Å². The van der Waals surface area contributed by atoms with Gasteiger partial charge in [-0.3, -0.25) is 14.5 Å². The fraction of sp³-hybridized carbons (Fsp3) is 0.533. The fourth-order valence-corrected chi connectivity index (χ4v) is 3.49. The van der Waals surface area contributed by atoms with E-state index in [-0.39, 0.29) is 24.3 Å². The number of carbonyl (C=O) groups is 3. The summed E-state index contributed by atoms with van der Waals surface area (Å²) in [4.78, 5) is 38.5. The van der Waals surface area contributed by atoms with E-state index in [1.54, 1.807) is 18.3 Å². The Morgan fingerprint density at radius 2 is 2.27 bits per heavy atom. The van der Waals surface area contributed by atoms with E-state index in [0.29, 0.717) is 6.54 Å². The average Bonchev–Trinajstić information content (AvgIpc) is 3.17. The molecule has 1 atom stereocenters. The zero-order valence-electron chi connectivity index (χ0n) is 12.4. The second-order valence-corrected chi connectivity index (χ2v) is 7.01. The Balaban J connectivity index is 1.50. The molecule has 1 aromatic heterocycles. The molecule has 4 amide bonds. The summed E-state index contributed by atoms with van der Waals surface area (Å²) in [5.41, 5.74) is -0.825. The summed E-state index contributed by atoms with van der Waals surface area (Å²) in [5.74, 6) is -0.385. The van der Waals surface area contributed by atoms with Gasteiger partial charge in [0.25, 0.3) is 5.91 Å². The molecule has 2 aliphatic rings. The van der Waals surface area contributed by atoms with E-state index in [0.717, 1.165) is 24.2 Å². The van der Waals surface area contributed by atoms with Gasteiger partial charge in [-0.25, -0.2) is 4.79 Å². The molecule has 22 heavy (non-hydrogen) atoms. The molecule has 2 N–H and O–H groups in total. The van der Waals surface area contributed by atoms with Gasteiger partial charge in [-0.15, -0.1) is 11.3 Å². The summed E-state index contributed by atoms with van der Waals surface area (Å²) < 4.78 is 0. The van der Waals surface area contributed by atoms with Crippen LogP contribution in [-0.2, 0) is 16.0 Å². The van der Waals surface area contributed by atoms with Gasteiger partial charge in [-0.2, -0.15) is 0 Å². The number of amides is 4. The first kappa shape index (κ1) is 15.0. The van der Waals surface area contributed by atoms with Gasteiger partial charge < -0.3 is 10.6 Å². The molecule has 0 radical (unpaired) electrons. The number of hydrogen-bond donors (Lipinski definition) is 2. The smallest absolute Gasteiger partial charge is 0.325 e. The van der Waals surface area contributed by atoms with Crippen LogP contribution in [0.15, 0.2) is 17.5 Å². The molecule has 1 saturated heterocycles. The molecule has 2 fully saturated rings. The van der Waals surface area contributed by atoms with Crippen LogP contribution in [0.25, 0.3) is 0 Å². The minimum atomic E-state index is -0.825. The number of nitrogens with zero attached hydrogens (tertiary/aromatic N) is 1. The summed E-state index contributed by atoms with van der Waals surface area (Å²) in [5, 5.41) is 7.48. The lowest BCUT2D eigenvalue weighted by Gasteiger charge is -2.20. The predicted octanol–water partition coefficient (Wildman–Crippen LogP) is 1.13. The maximum Gasteiger partial charge on any atom is 0.325 e. The molecule has 6 nitrogen and oxygen atoms in total. The van der Waals surface area contributed by atoms with Crippen molar-refractivity contribution in [2.75, 3.05) is 13.1 Å². The van der Waals surface area contributed by atoms with Gasteiger partial charge in [0.1, 0.15) is 12.1 Å². The molecular formula is C15H19N3O3S. The van der Waals surface area contributed by atoms with E-state index in [1.165, 1.54) is 4.88 Å². The van der Waals surface area contributed by atoms with Crippen molar-refractivity contribution in [1.29, 1.82) is 0 Å². The van der Waals surface area contributed by atoms with Crippen LogP contribution in [0.1, 0.15) is 24.6 Å². The second-order valence-electron chi connectivity index (χ2n) is 5.98. The molecular weight excluding hydrogens is 302 g/mol. The molecule has 1 aliphatic carbocycles. The summed E-state index contributed by atoms with van der Waals surface area (Å²) in [7, 11) is 0. The van der Waals surface area contributed by atoms with Gasteiger partial charge in [0.2, 0.25) is 5.91 Å². The zero-order valence-corrected chi connectivity index (χ0v) is 13.2. The third-order valence-corrected chi connectivity index (χ3v) is 5.21. The first-order valence-electron chi connectivity index (χ1n) is 7.44. The number of imide groups is 1. The lowest BCUT2D eigenvalue weighted by molar-refractivity contribution is -0.135. The minimum absolute atomic E-state index is 0.204. The standard InChI is InChI=1S/C15H19N3O3S/c1-15(10-4-5-10)13(20)18(14(21)17-15)9-12(19)16-7-6-11-3-2-8-22-11/h2-3,8,10H,4-7,9H2,1H3,(H,16,19)(H,17,21)/t15-/m0/s1. The van der Waals surface area contributed by atoms with Crippen LogP contribution >= 0.6 is 11.3 Å². The Morgan fingerprint density at radius 3 is 2.91 bits per heavy atom. The van der Waals surface area contributed by atoms with Crippen LogP contribution in [-0.4, -0.2) is 41.4 Å². The molecule has 3 rings (SSSR count). The van der Waals surface area contributed by atoms with Crippen molar-refractivity contribution in [2.24, 2.45) is 5.92 Å². The maximum absolute atomic E-state index is 12.4. The Morgan fingerprint density at radius 1 is 1.50 bits per heavy atom. The second kappa shape index (κ2) is 5.72. The maximum atomic E-state index is 12.4. The normalized spacial score (nSPS) is 24.5. The van der Waals surface area contributed by atoms with Crippen molar-refractivity contribution in [2.45, 2.75) is 31.7 Å². The highest BCUT2D eigenvalue weighted by Crippen LogP contribution is 2.42. The predicted molar refractivity (Wildman–Crippen MR) is 82.4 cm³/mol. The monoisotopic (exact) mass is 321 g/mol. The molecule has 0 bridgehead atoms. The third-order valence-electron chi connectivity index (χ3n) is 4.27. The lowest BCUT2D eigenvalue weighted by atomic mass is 9.96. The minimum Gasteiger partial charge on any atom is -0.354 e. The SMILES string of the molecule is C[C@@]1(C2CC2)NC(=O)N(CC(=O)NCCc2cccs2)C1=O. The number of nitrogens with one attached hydrogen (secondary N) is 2. The van der Waals surface area contributed by atoms with E-state index in [9.17, 15) is 14.4 Å². The first-order valence-corrected chi connectivity index (χ1v) is 8.32. The van der Waals surface area contributed by atoms with Crippen molar-refractivity contribution >= 4 is 29.2 Å². The molecule has 1 aromatic rings. The average molecular weight is 321 g/mol. The van der Waals surface area contributed by atoms with Gasteiger partial charge in [0, 0.05) is 11.4 Å². The van der Waals surface area contributed by atoms with Gasteiger partial charge in [0.15, 0.2) is 0 Å². The summed E-state index contributed by atoms with van der Waals surface area (Å²) >= 11 is 1.64. The van der Waals surface area contributed by atoms with Crippen LogP contribution in [0, 0.1) is 5.92 Å². The molecule has 0 aromatic carbocycles. The quantitative estimate of drug-likeness (QED) is 0.771. The topological polar surface area (TPSA) is 78.5 Å². The number of urea groups is 1. The van der Waals surface area contributed by atoms with Crippen molar-refractivity contribution < 1.29 is 14.4 Å². The first-order chi connectivity index (χ1) is 10.5. The van der Waals surface area contributed by atoms with E-state index < -0.39 is 11.6 Å². The van der Waals surface area contributed by atoms with Gasteiger partial charge in [-0.1, -0.05) is 6.07 Å². The number of carbonyl (C=O) groups excluding carboxylic acids is 3. The number of thiophene rings is 1. The lowest BCUT2D eigenvalue weighted by Crippen LogP contribution is -2.47. The molecule has 0 unspecified atom stereocenters. The van der Waals surface area contributed by atoms with E-state index >= 15 is 0 Å². The van der Waals surface area contributed by atoms with E-state index in [1.807, 2.05) is 17.5 Å². The molecule has 1 saturated carbocycles. The highest BCUT2D eigenvalue weighted by molar-refractivity contribution is 7.09. The molecule has 0 spiro atoms. The van der Waals surface area contributed by atoms with Crippen LogP contribution in [0.4, 0.5) is 4.79 Å². The van der Waals surface area contributed by atoms with Gasteiger partial charge >= 0.3 is 6.03 Å². The Labute approximate surface area is 132 Å². The fourth-order valence-electron chi connectivity index (χ4n) is 2.78. The van der Waals surface area contributed by atoms with E-state index in [4.69, 9.17) is 0 Å². The van der Waals surface area contributed by atoms with Crippen molar-refractivity contribution in [3.8, 4) is 0 Å². The Hall–Kier alpha value is -1.89.